The second-order valence-corrected chi connectivity index (χ2v) is 7.60. The molecule has 9 nitrogen and oxygen atoms in total. The highest BCUT2D eigenvalue weighted by Gasteiger charge is 2.15. The Bertz CT molecular complexity index is 1110. The Balaban J connectivity index is 0.000000379. The maximum absolute atomic E-state index is 12.0. The second-order valence-electron chi connectivity index (χ2n) is 7.19. The third-order valence-electron chi connectivity index (χ3n) is 4.42. The normalized spacial score (nSPS) is 10.0. The third kappa shape index (κ3) is 7.72. The molecule has 0 spiro atoms. The van der Waals surface area contributed by atoms with E-state index < -0.39 is 5.97 Å². The van der Waals surface area contributed by atoms with Gasteiger partial charge in [-0.05, 0) is 37.1 Å². The van der Waals surface area contributed by atoms with Crippen LogP contribution in [0.5, 0.6) is 0 Å². The van der Waals surface area contributed by atoms with Crippen LogP contribution in [0.25, 0.3) is 0 Å². The Morgan fingerprint density at radius 1 is 1.15 bits per heavy atom. The Kier molecular flexibility index (Phi) is 10.3. The van der Waals surface area contributed by atoms with Crippen molar-refractivity contribution in [3.8, 4) is 0 Å². The number of hydrogen-bond acceptors (Lipinski definition) is 8. The van der Waals surface area contributed by atoms with E-state index in [-0.39, 0.29) is 36.5 Å². The number of hydrogen-bond donors (Lipinski definition) is 3. The van der Waals surface area contributed by atoms with Crippen molar-refractivity contribution in [1.82, 2.24) is 14.9 Å². The number of aliphatic hydroxyl groups is 1. The minimum Gasteiger partial charge on any atom is -0.462 e. The standard InChI is InChI=1S/C16H18ClN5O3.C8H10O/c1-4-25-15(24)11-8-19-16(21-13(11)18)20-9-5-6-10(12(17)7-9)14(23)22(2)3;9-7-6-8-4-2-1-3-5-8/h5-8H,4H2,1-3H3,(H3,18,19,20,21);1-5,9H,6-7H2. The number of aliphatic hydroxyl groups excluding tert-OH is 1. The predicted molar refractivity (Wildman–Crippen MR) is 132 cm³/mol. The van der Waals surface area contributed by atoms with Gasteiger partial charge in [-0.3, -0.25) is 4.79 Å². The van der Waals surface area contributed by atoms with Crippen LogP contribution >= 0.6 is 11.6 Å². The number of aromatic nitrogens is 2. The summed E-state index contributed by atoms with van der Waals surface area (Å²) in [5.74, 6) is -0.591. The van der Waals surface area contributed by atoms with Crippen LogP contribution in [0, 0.1) is 0 Å². The largest absolute Gasteiger partial charge is 0.462 e. The lowest BCUT2D eigenvalue weighted by molar-refractivity contribution is 0.0526. The van der Waals surface area contributed by atoms with E-state index in [1.807, 2.05) is 30.3 Å². The number of nitrogens with two attached hydrogens (primary N) is 1. The number of carbonyl (C=O) groups excluding carboxylic acids is 2. The summed E-state index contributed by atoms with van der Waals surface area (Å²) in [6.45, 7) is 2.16. The van der Waals surface area contributed by atoms with E-state index in [0.29, 0.717) is 16.3 Å². The van der Waals surface area contributed by atoms with Gasteiger partial charge in [-0.2, -0.15) is 4.98 Å². The van der Waals surface area contributed by atoms with E-state index in [9.17, 15) is 9.59 Å². The molecule has 4 N–H and O–H groups in total. The first kappa shape index (κ1) is 26.6. The second kappa shape index (κ2) is 13.1. The van der Waals surface area contributed by atoms with E-state index >= 15 is 0 Å². The molecule has 2 aromatic carbocycles. The number of anilines is 3. The fraction of sp³-hybridized carbons (Fsp3) is 0.250. The first-order valence-corrected chi connectivity index (χ1v) is 10.9. The predicted octanol–water partition coefficient (Wildman–Crippen LogP) is 3.56. The van der Waals surface area contributed by atoms with Gasteiger partial charge < -0.3 is 25.8 Å². The maximum Gasteiger partial charge on any atom is 0.343 e. The van der Waals surface area contributed by atoms with Gasteiger partial charge in [0.2, 0.25) is 5.95 Å². The number of ether oxygens (including phenoxy) is 1. The van der Waals surface area contributed by atoms with Crippen molar-refractivity contribution in [2.45, 2.75) is 13.3 Å². The van der Waals surface area contributed by atoms with Crippen LogP contribution in [0.15, 0.2) is 54.7 Å². The van der Waals surface area contributed by atoms with Gasteiger partial charge in [-0.15, -0.1) is 0 Å². The maximum atomic E-state index is 12.0. The lowest BCUT2D eigenvalue weighted by atomic mass is 10.2. The van der Waals surface area contributed by atoms with Gasteiger partial charge in [0.1, 0.15) is 11.4 Å². The minimum atomic E-state index is -0.582. The van der Waals surface area contributed by atoms with Gasteiger partial charge in [0, 0.05) is 32.6 Å². The van der Waals surface area contributed by atoms with E-state index in [2.05, 4.69) is 15.3 Å². The summed E-state index contributed by atoms with van der Waals surface area (Å²) in [6.07, 6.45) is 2.05. The molecule has 10 heteroatoms. The van der Waals surface area contributed by atoms with Gasteiger partial charge in [-0.25, -0.2) is 9.78 Å². The van der Waals surface area contributed by atoms with E-state index in [0.717, 1.165) is 6.42 Å². The lowest BCUT2D eigenvalue weighted by Gasteiger charge is -2.13. The number of nitrogens with one attached hydrogen (secondary N) is 1. The average molecular weight is 486 g/mol. The van der Waals surface area contributed by atoms with Crippen molar-refractivity contribution < 1.29 is 19.4 Å². The van der Waals surface area contributed by atoms with Gasteiger partial charge in [-0.1, -0.05) is 41.9 Å². The number of carbonyl (C=O) groups is 2. The summed E-state index contributed by atoms with van der Waals surface area (Å²) < 4.78 is 4.86. The smallest absolute Gasteiger partial charge is 0.343 e. The molecule has 3 rings (SSSR count). The molecule has 0 radical (unpaired) electrons. The highest BCUT2D eigenvalue weighted by molar-refractivity contribution is 6.34. The summed E-state index contributed by atoms with van der Waals surface area (Å²) in [6, 6.07) is 14.8. The molecule has 1 heterocycles. The molecule has 0 aliphatic rings. The molecule has 0 bridgehead atoms. The Labute approximate surface area is 203 Å². The van der Waals surface area contributed by atoms with Crippen LogP contribution in [-0.4, -0.2) is 59.2 Å². The number of benzene rings is 2. The summed E-state index contributed by atoms with van der Waals surface area (Å²) in [5, 5.41) is 11.7. The monoisotopic (exact) mass is 485 g/mol. The van der Waals surface area contributed by atoms with Crippen LogP contribution in [0.1, 0.15) is 33.2 Å². The number of halogens is 1. The molecular formula is C24H28ClN5O4. The molecule has 1 aromatic heterocycles. The van der Waals surface area contributed by atoms with Crippen molar-refractivity contribution in [3.05, 3.63) is 76.4 Å². The van der Waals surface area contributed by atoms with E-state index in [1.165, 1.54) is 16.7 Å². The number of esters is 1. The van der Waals surface area contributed by atoms with Crippen LogP contribution < -0.4 is 11.1 Å². The molecular weight excluding hydrogens is 458 g/mol. The molecule has 0 saturated heterocycles. The molecule has 1 amide bonds. The number of nitrogen functional groups attached to an aromatic ring is 1. The van der Waals surface area contributed by atoms with Gasteiger partial charge in [0.25, 0.3) is 5.91 Å². The Morgan fingerprint density at radius 2 is 1.85 bits per heavy atom. The number of rotatable bonds is 7. The van der Waals surface area contributed by atoms with E-state index in [4.69, 9.17) is 27.2 Å². The first-order valence-electron chi connectivity index (χ1n) is 10.5. The van der Waals surface area contributed by atoms with Crippen molar-refractivity contribution >= 4 is 40.9 Å². The molecule has 0 saturated carbocycles. The SMILES string of the molecule is CCOC(=O)c1cnc(Nc2ccc(C(=O)N(C)C)c(Cl)c2)nc1N.OCCc1ccccc1. The molecule has 0 aliphatic carbocycles. The van der Waals surface area contributed by atoms with Crippen molar-refractivity contribution in [2.24, 2.45) is 0 Å². The zero-order chi connectivity index (χ0) is 25.1. The van der Waals surface area contributed by atoms with Crippen molar-refractivity contribution in [2.75, 3.05) is 38.4 Å². The van der Waals surface area contributed by atoms with Crippen molar-refractivity contribution in [1.29, 1.82) is 0 Å². The van der Waals surface area contributed by atoms with Crippen LogP contribution in [0.2, 0.25) is 5.02 Å². The van der Waals surface area contributed by atoms with Crippen molar-refractivity contribution in [3.63, 3.8) is 0 Å². The zero-order valence-electron chi connectivity index (χ0n) is 19.3. The number of amides is 1. The van der Waals surface area contributed by atoms with E-state index in [1.54, 1.807) is 39.2 Å². The molecule has 0 aliphatic heterocycles. The molecule has 34 heavy (non-hydrogen) atoms. The lowest BCUT2D eigenvalue weighted by Crippen LogP contribution is -2.22. The molecule has 0 unspecified atom stereocenters. The number of nitrogens with zero attached hydrogens (tertiary/aromatic N) is 3. The van der Waals surface area contributed by atoms with Gasteiger partial charge >= 0.3 is 5.97 Å². The van der Waals surface area contributed by atoms with Gasteiger partial charge in [0.05, 0.1) is 17.2 Å². The molecule has 0 fully saturated rings. The summed E-state index contributed by atoms with van der Waals surface area (Å²) in [7, 11) is 3.29. The zero-order valence-corrected chi connectivity index (χ0v) is 20.0. The fourth-order valence-corrected chi connectivity index (χ4v) is 2.99. The molecule has 0 atom stereocenters. The summed E-state index contributed by atoms with van der Waals surface area (Å²) in [4.78, 5) is 33.1. The topological polar surface area (TPSA) is 131 Å². The van der Waals surface area contributed by atoms with Crippen LogP contribution in [-0.2, 0) is 11.2 Å². The first-order chi connectivity index (χ1) is 16.3. The highest BCUT2D eigenvalue weighted by Crippen LogP contribution is 2.24. The van der Waals surface area contributed by atoms with Crippen LogP contribution in [0.3, 0.4) is 0 Å². The fourth-order valence-electron chi connectivity index (χ4n) is 2.73. The highest BCUT2D eigenvalue weighted by atomic mass is 35.5. The minimum absolute atomic E-state index is 0.00135. The van der Waals surface area contributed by atoms with Gasteiger partial charge in [0.15, 0.2) is 0 Å². The Hall–Kier alpha value is -3.69. The quantitative estimate of drug-likeness (QED) is 0.433. The van der Waals surface area contributed by atoms with Crippen LogP contribution in [0.4, 0.5) is 17.5 Å². The molecule has 180 valence electrons. The third-order valence-corrected chi connectivity index (χ3v) is 4.73. The summed E-state index contributed by atoms with van der Waals surface area (Å²) in [5.41, 5.74) is 8.01. The molecule has 3 aromatic rings. The summed E-state index contributed by atoms with van der Waals surface area (Å²) >= 11 is 6.15. The Morgan fingerprint density at radius 3 is 2.41 bits per heavy atom. The average Bonchev–Trinajstić information content (AvgIpc) is 2.80.